The van der Waals surface area contributed by atoms with Gasteiger partial charge in [-0.2, -0.15) is 5.10 Å². The fourth-order valence-electron chi connectivity index (χ4n) is 1.99. The first kappa shape index (κ1) is 14.0. The summed E-state index contributed by atoms with van der Waals surface area (Å²) >= 11 is 0. The molecular formula is C14H16N2O4. The maximum Gasteiger partial charge on any atom is 0.354 e. The molecule has 0 saturated carbocycles. The van der Waals surface area contributed by atoms with Crippen molar-refractivity contribution in [3.63, 3.8) is 0 Å². The zero-order valence-electron chi connectivity index (χ0n) is 11.4. The number of rotatable bonds is 4. The minimum Gasteiger partial charge on any atom is -0.467 e. The summed E-state index contributed by atoms with van der Waals surface area (Å²) in [6.07, 6.45) is 0.181. The predicted molar refractivity (Wildman–Crippen MR) is 73.4 cm³/mol. The van der Waals surface area contributed by atoms with Gasteiger partial charge in [-0.25, -0.2) is 9.59 Å². The molecule has 0 saturated heterocycles. The van der Waals surface area contributed by atoms with Crippen molar-refractivity contribution in [1.82, 2.24) is 0 Å². The molecule has 0 fully saturated rings. The Bertz CT molecular complexity index is 527. The molecule has 1 aromatic carbocycles. The van der Waals surface area contributed by atoms with Crippen LogP contribution in [-0.4, -0.2) is 37.4 Å². The molecule has 1 aliphatic heterocycles. The standard InChI is InChI=1S/C14H16N2O4/c1-3-20-13(17)11-9-12(14(18)19-2)16(15-11)10-7-5-4-6-8-10/h4-8,12H,3,9H2,1-2H3. The lowest BCUT2D eigenvalue weighted by Crippen LogP contribution is -2.35. The summed E-state index contributed by atoms with van der Waals surface area (Å²) in [5, 5.41) is 5.70. The highest BCUT2D eigenvalue weighted by molar-refractivity contribution is 6.38. The number of nitrogens with zero attached hydrogens (tertiary/aromatic N) is 2. The van der Waals surface area contributed by atoms with Crippen LogP contribution in [0.1, 0.15) is 13.3 Å². The Kier molecular flexibility index (Phi) is 4.34. The van der Waals surface area contributed by atoms with Crippen LogP contribution >= 0.6 is 0 Å². The van der Waals surface area contributed by atoms with E-state index in [9.17, 15) is 9.59 Å². The van der Waals surface area contributed by atoms with E-state index < -0.39 is 18.0 Å². The number of esters is 2. The van der Waals surface area contributed by atoms with Gasteiger partial charge in [-0.1, -0.05) is 18.2 Å². The van der Waals surface area contributed by atoms with Crippen LogP contribution in [0.4, 0.5) is 5.69 Å². The minimum absolute atomic E-state index is 0.181. The van der Waals surface area contributed by atoms with E-state index in [0.29, 0.717) is 0 Å². The molecule has 1 aromatic rings. The molecule has 6 heteroatoms. The van der Waals surface area contributed by atoms with Gasteiger partial charge in [0.1, 0.15) is 5.71 Å². The third-order valence-corrected chi connectivity index (χ3v) is 2.92. The van der Waals surface area contributed by atoms with Crippen molar-refractivity contribution in [2.45, 2.75) is 19.4 Å². The van der Waals surface area contributed by atoms with Crippen LogP contribution in [0, 0.1) is 0 Å². The fourth-order valence-corrected chi connectivity index (χ4v) is 1.99. The van der Waals surface area contributed by atoms with Crippen molar-refractivity contribution in [2.75, 3.05) is 18.7 Å². The molecule has 0 radical (unpaired) electrons. The highest BCUT2D eigenvalue weighted by atomic mass is 16.5. The summed E-state index contributed by atoms with van der Waals surface area (Å²) in [4.78, 5) is 23.6. The molecule has 1 atom stereocenters. The second-order valence-corrected chi connectivity index (χ2v) is 4.19. The van der Waals surface area contributed by atoms with E-state index >= 15 is 0 Å². The Morgan fingerprint density at radius 1 is 1.35 bits per heavy atom. The number of anilines is 1. The molecule has 1 aliphatic rings. The highest BCUT2D eigenvalue weighted by Crippen LogP contribution is 2.25. The Labute approximate surface area is 117 Å². The normalized spacial score (nSPS) is 17.6. The number of carbonyl (C=O) groups excluding carboxylic acids is 2. The molecule has 1 unspecified atom stereocenters. The Morgan fingerprint density at radius 2 is 2.05 bits per heavy atom. The van der Waals surface area contributed by atoms with Crippen LogP contribution in [0.5, 0.6) is 0 Å². The van der Waals surface area contributed by atoms with Gasteiger partial charge in [0.05, 0.1) is 19.4 Å². The molecule has 20 heavy (non-hydrogen) atoms. The van der Waals surface area contributed by atoms with Gasteiger partial charge in [0.25, 0.3) is 0 Å². The van der Waals surface area contributed by atoms with E-state index in [1.807, 2.05) is 30.3 Å². The van der Waals surface area contributed by atoms with Crippen LogP contribution in [0.2, 0.25) is 0 Å². The quantitative estimate of drug-likeness (QED) is 0.777. The minimum atomic E-state index is -0.637. The monoisotopic (exact) mass is 276 g/mol. The maximum absolute atomic E-state index is 11.8. The molecule has 0 bridgehead atoms. The number of benzene rings is 1. The number of hydrogen-bond acceptors (Lipinski definition) is 6. The Morgan fingerprint density at radius 3 is 2.65 bits per heavy atom. The third-order valence-electron chi connectivity index (χ3n) is 2.92. The molecule has 0 spiro atoms. The van der Waals surface area contributed by atoms with Gasteiger partial charge in [0.15, 0.2) is 6.04 Å². The average molecular weight is 276 g/mol. The van der Waals surface area contributed by atoms with Crippen LogP contribution in [0.25, 0.3) is 0 Å². The van der Waals surface area contributed by atoms with Crippen molar-refractivity contribution in [2.24, 2.45) is 5.10 Å². The van der Waals surface area contributed by atoms with Gasteiger partial charge >= 0.3 is 11.9 Å². The zero-order chi connectivity index (χ0) is 14.5. The van der Waals surface area contributed by atoms with Crippen LogP contribution in [0.3, 0.4) is 0 Å². The van der Waals surface area contributed by atoms with E-state index in [2.05, 4.69) is 5.10 Å². The molecule has 106 valence electrons. The lowest BCUT2D eigenvalue weighted by molar-refractivity contribution is -0.141. The topological polar surface area (TPSA) is 68.2 Å². The van der Waals surface area contributed by atoms with Crippen LogP contribution in [-0.2, 0) is 19.1 Å². The molecule has 1 heterocycles. The maximum atomic E-state index is 11.8. The summed E-state index contributed by atoms with van der Waals surface area (Å²) in [6.45, 7) is 1.99. The van der Waals surface area contributed by atoms with Crippen LogP contribution < -0.4 is 5.01 Å². The number of hydrazone groups is 1. The van der Waals surface area contributed by atoms with Crippen molar-refractivity contribution >= 4 is 23.3 Å². The van der Waals surface area contributed by atoms with Gasteiger partial charge in [-0.3, -0.25) is 5.01 Å². The molecule has 0 aromatic heterocycles. The zero-order valence-corrected chi connectivity index (χ0v) is 11.4. The summed E-state index contributed by atoms with van der Waals surface area (Å²) in [5.41, 5.74) is 0.952. The first-order chi connectivity index (χ1) is 9.67. The van der Waals surface area contributed by atoms with Gasteiger partial charge in [-0.15, -0.1) is 0 Å². The smallest absolute Gasteiger partial charge is 0.354 e. The lowest BCUT2D eigenvalue weighted by atomic mass is 10.1. The van der Waals surface area contributed by atoms with Gasteiger partial charge in [-0.05, 0) is 19.1 Å². The van der Waals surface area contributed by atoms with E-state index in [1.54, 1.807) is 6.92 Å². The molecule has 2 rings (SSSR count). The van der Waals surface area contributed by atoms with Gasteiger partial charge in [0.2, 0.25) is 0 Å². The second kappa shape index (κ2) is 6.18. The summed E-state index contributed by atoms with van der Waals surface area (Å²) in [5.74, 6) is -0.934. The van der Waals surface area contributed by atoms with E-state index in [1.165, 1.54) is 12.1 Å². The molecule has 0 aliphatic carbocycles. The van der Waals surface area contributed by atoms with Crippen LogP contribution in [0.15, 0.2) is 35.4 Å². The molecule has 6 nitrogen and oxygen atoms in total. The van der Waals surface area contributed by atoms with Crippen molar-refractivity contribution in [3.8, 4) is 0 Å². The SMILES string of the molecule is CCOC(=O)C1=NN(c2ccccc2)C(C(=O)OC)C1. The van der Waals surface area contributed by atoms with Gasteiger partial charge in [0, 0.05) is 6.42 Å². The summed E-state index contributed by atoms with van der Waals surface area (Å²) < 4.78 is 9.69. The molecule has 0 N–H and O–H groups in total. The molecule has 0 amide bonds. The number of methoxy groups -OCH3 is 1. The summed E-state index contributed by atoms with van der Waals surface area (Å²) in [7, 11) is 1.31. The number of para-hydroxylation sites is 1. The number of hydrogen-bond donors (Lipinski definition) is 0. The fraction of sp³-hybridized carbons (Fsp3) is 0.357. The number of ether oxygens (including phenoxy) is 2. The van der Waals surface area contributed by atoms with E-state index in [0.717, 1.165) is 5.69 Å². The highest BCUT2D eigenvalue weighted by Gasteiger charge is 2.37. The Balaban J connectivity index is 2.28. The van der Waals surface area contributed by atoms with Crippen molar-refractivity contribution < 1.29 is 19.1 Å². The largest absolute Gasteiger partial charge is 0.467 e. The third kappa shape index (κ3) is 2.79. The van der Waals surface area contributed by atoms with Gasteiger partial charge < -0.3 is 9.47 Å². The Hall–Kier alpha value is -2.37. The number of carbonyl (C=O) groups is 2. The van der Waals surface area contributed by atoms with E-state index in [4.69, 9.17) is 9.47 Å². The lowest BCUT2D eigenvalue weighted by Gasteiger charge is -2.21. The van der Waals surface area contributed by atoms with Crippen molar-refractivity contribution in [1.29, 1.82) is 0 Å². The predicted octanol–water partition coefficient (Wildman–Crippen LogP) is 1.36. The average Bonchev–Trinajstić information content (AvgIpc) is 2.93. The molecular weight excluding hydrogens is 260 g/mol. The van der Waals surface area contributed by atoms with Crippen molar-refractivity contribution in [3.05, 3.63) is 30.3 Å². The first-order valence-corrected chi connectivity index (χ1v) is 6.34. The van der Waals surface area contributed by atoms with E-state index in [-0.39, 0.29) is 18.7 Å². The first-order valence-electron chi connectivity index (χ1n) is 6.34. The second-order valence-electron chi connectivity index (χ2n) is 4.19. The summed E-state index contributed by atoms with van der Waals surface area (Å²) in [6, 6.07) is 8.52.